The molecule has 0 spiro atoms. The minimum atomic E-state index is -3.74. The van der Waals surface area contributed by atoms with Crippen molar-refractivity contribution in [2.75, 3.05) is 20.8 Å². The van der Waals surface area contributed by atoms with Crippen molar-refractivity contribution in [3.8, 4) is 5.75 Å². The van der Waals surface area contributed by atoms with Crippen molar-refractivity contribution in [2.24, 2.45) is 5.73 Å². The number of ether oxygens (including phenoxy) is 2. The van der Waals surface area contributed by atoms with Gasteiger partial charge < -0.3 is 15.2 Å². The highest BCUT2D eigenvalue weighted by molar-refractivity contribution is 7.89. The summed E-state index contributed by atoms with van der Waals surface area (Å²) in [5, 5.41) is 0. The number of hydrogen-bond donors (Lipinski definition) is 2. The van der Waals surface area contributed by atoms with Crippen LogP contribution in [-0.2, 0) is 14.8 Å². The summed E-state index contributed by atoms with van der Waals surface area (Å²) in [6.45, 7) is 1.85. The zero-order valence-electron chi connectivity index (χ0n) is 11.5. The van der Waals surface area contributed by atoms with Crippen molar-refractivity contribution in [1.82, 2.24) is 4.72 Å². The monoisotopic (exact) mass is 302 g/mol. The Morgan fingerprint density at radius 1 is 1.40 bits per heavy atom. The van der Waals surface area contributed by atoms with Crippen LogP contribution in [-0.4, -0.2) is 41.2 Å². The minimum Gasteiger partial charge on any atom is -0.496 e. The fourth-order valence-corrected chi connectivity index (χ4v) is 2.58. The van der Waals surface area contributed by atoms with Gasteiger partial charge in [-0.1, -0.05) is 0 Å². The summed E-state index contributed by atoms with van der Waals surface area (Å²) in [7, 11) is -0.887. The van der Waals surface area contributed by atoms with Crippen LogP contribution >= 0.6 is 0 Å². The van der Waals surface area contributed by atoms with Crippen molar-refractivity contribution in [3.05, 3.63) is 23.8 Å². The highest BCUT2D eigenvalue weighted by atomic mass is 32.2. The first-order chi connectivity index (χ1) is 9.31. The molecule has 1 unspecified atom stereocenters. The molecule has 0 aliphatic carbocycles. The summed E-state index contributed by atoms with van der Waals surface area (Å²) < 4.78 is 36.4. The Hall–Kier alpha value is -1.64. The molecule has 1 atom stereocenters. The topological polar surface area (TPSA) is 108 Å². The van der Waals surface area contributed by atoms with Crippen LogP contribution in [0.25, 0.3) is 0 Å². The fourth-order valence-electron chi connectivity index (χ4n) is 1.44. The van der Waals surface area contributed by atoms with E-state index in [9.17, 15) is 13.2 Å². The van der Waals surface area contributed by atoms with Gasteiger partial charge in [-0.05, 0) is 25.1 Å². The second-order valence-electron chi connectivity index (χ2n) is 4.12. The van der Waals surface area contributed by atoms with Gasteiger partial charge in [-0.3, -0.25) is 4.79 Å². The van der Waals surface area contributed by atoms with Gasteiger partial charge in [-0.2, -0.15) is 0 Å². The van der Waals surface area contributed by atoms with Crippen LogP contribution in [0.1, 0.15) is 17.3 Å². The number of sulfonamides is 1. The van der Waals surface area contributed by atoms with Gasteiger partial charge in [-0.25, -0.2) is 13.1 Å². The SMILES string of the molecule is COc1ccc(S(=O)(=O)NCC(C)OC)cc1C(N)=O. The van der Waals surface area contributed by atoms with E-state index in [1.54, 1.807) is 6.92 Å². The molecule has 0 fully saturated rings. The molecule has 0 aliphatic rings. The van der Waals surface area contributed by atoms with Crippen LogP contribution in [0.3, 0.4) is 0 Å². The quantitative estimate of drug-likeness (QED) is 0.743. The molecule has 1 amide bonds. The maximum absolute atomic E-state index is 12.1. The summed E-state index contributed by atoms with van der Waals surface area (Å²) >= 11 is 0. The van der Waals surface area contributed by atoms with Gasteiger partial charge >= 0.3 is 0 Å². The molecule has 0 aromatic heterocycles. The number of rotatable bonds is 7. The molecule has 0 aliphatic heterocycles. The molecule has 0 heterocycles. The van der Waals surface area contributed by atoms with E-state index in [0.29, 0.717) is 0 Å². The fraction of sp³-hybridized carbons (Fsp3) is 0.417. The second-order valence-corrected chi connectivity index (χ2v) is 5.89. The predicted octanol–water partition coefficient (Wildman–Crippen LogP) is 0.107. The number of nitrogens with one attached hydrogen (secondary N) is 1. The van der Waals surface area contributed by atoms with E-state index in [1.165, 1.54) is 32.4 Å². The normalized spacial score (nSPS) is 12.9. The summed E-state index contributed by atoms with van der Waals surface area (Å²) in [5.74, 6) is -0.536. The van der Waals surface area contributed by atoms with E-state index >= 15 is 0 Å². The highest BCUT2D eigenvalue weighted by Crippen LogP contribution is 2.21. The third-order valence-corrected chi connectivity index (χ3v) is 4.13. The maximum Gasteiger partial charge on any atom is 0.252 e. The molecule has 0 saturated heterocycles. The van der Waals surface area contributed by atoms with E-state index in [2.05, 4.69) is 4.72 Å². The van der Waals surface area contributed by atoms with Crippen molar-refractivity contribution in [2.45, 2.75) is 17.9 Å². The largest absolute Gasteiger partial charge is 0.496 e. The minimum absolute atomic E-state index is 0.00941. The average molecular weight is 302 g/mol. The Balaban J connectivity index is 3.07. The van der Waals surface area contributed by atoms with Crippen LogP contribution < -0.4 is 15.2 Å². The van der Waals surface area contributed by atoms with Gasteiger partial charge in [0.15, 0.2) is 0 Å². The number of methoxy groups -OCH3 is 2. The highest BCUT2D eigenvalue weighted by Gasteiger charge is 2.19. The molecule has 7 nitrogen and oxygen atoms in total. The van der Waals surface area contributed by atoms with E-state index < -0.39 is 15.9 Å². The van der Waals surface area contributed by atoms with Gasteiger partial charge in [-0.15, -0.1) is 0 Å². The molecule has 1 aromatic rings. The lowest BCUT2D eigenvalue weighted by Crippen LogP contribution is -2.31. The first-order valence-electron chi connectivity index (χ1n) is 5.82. The zero-order valence-corrected chi connectivity index (χ0v) is 12.4. The van der Waals surface area contributed by atoms with E-state index in [-0.39, 0.29) is 28.9 Å². The van der Waals surface area contributed by atoms with Gasteiger partial charge in [0.25, 0.3) is 5.91 Å². The Labute approximate surface area is 118 Å². The predicted molar refractivity (Wildman–Crippen MR) is 73.2 cm³/mol. The van der Waals surface area contributed by atoms with Crippen LogP contribution in [0, 0.1) is 0 Å². The zero-order chi connectivity index (χ0) is 15.3. The Kier molecular flexibility index (Phi) is 5.49. The lowest BCUT2D eigenvalue weighted by molar-refractivity contribution is 0.0997. The molecule has 20 heavy (non-hydrogen) atoms. The van der Waals surface area contributed by atoms with Gasteiger partial charge in [0, 0.05) is 13.7 Å². The Morgan fingerprint density at radius 2 is 2.05 bits per heavy atom. The Morgan fingerprint density at radius 3 is 2.55 bits per heavy atom. The standard InChI is InChI=1S/C12H18N2O5S/c1-8(18-2)7-14-20(16,17)9-4-5-11(19-3)10(6-9)12(13)15/h4-6,8,14H,7H2,1-3H3,(H2,13,15). The number of hydrogen-bond acceptors (Lipinski definition) is 5. The van der Waals surface area contributed by atoms with Crippen molar-refractivity contribution < 1.29 is 22.7 Å². The summed E-state index contributed by atoms with van der Waals surface area (Å²) in [6, 6.07) is 3.90. The van der Waals surface area contributed by atoms with Crippen LogP contribution in [0.15, 0.2) is 23.1 Å². The van der Waals surface area contributed by atoms with E-state index in [0.717, 1.165) is 0 Å². The molecule has 0 saturated carbocycles. The summed E-state index contributed by atoms with van der Waals surface area (Å²) in [4.78, 5) is 11.2. The number of amides is 1. The van der Waals surface area contributed by atoms with Gasteiger partial charge in [0.05, 0.1) is 23.7 Å². The molecular weight excluding hydrogens is 284 g/mol. The third-order valence-electron chi connectivity index (χ3n) is 2.71. The molecule has 0 bridgehead atoms. The van der Waals surface area contributed by atoms with E-state index in [4.69, 9.17) is 15.2 Å². The smallest absolute Gasteiger partial charge is 0.252 e. The molecule has 112 valence electrons. The molecule has 1 aromatic carbocycles. The maximum atomic E-state index is 12.1. The lowest BCUT2D eigenvalue weighted by Gasteiger charge is -2.12. The summed E-state index contributed by atoms with van der Waals surface area (Å²) in [5.41, 5.74) is 5.20. The number of carbonyl (C=O) groups is 1. The number of nitrogens with two attached hydrogens (primary N) is 1. The van der Waals surface area contributed by atoms with Crippen molar-refractivity contribution in [3.63, 3.8) is 0 Å². The van der Waals surface area contributed by atoms with E-state index in [1.807, 2.05) is 0 Å². The van der Waals surface area contributed by atoms with Crippen LogP contribution in [0.2, 0.25) is 0 Å². The molecule has 3 N–H and O–H groups in total. The van der Waals surface area contributed by atoms with Gasteiger partial charge in [0.2, 0.25) is 10.0 Å². The summed E-state index contributed by atoms with van der Waals surface area (Å²) in [6.07, 6.45) is -0.265. The average Bonchev–Trinajstić information content (AvgIpc) is 2.43. The first-order valence-corrected chi connectivity index (χ1v) is 7.30. The number of benzene rings is 1. The van der Waals surface area contributed by atoms with Gasteiger partial charge in [0.1, 0.15) is 5.75 Å². The molecule has 0 radical (unpaired) electrons. The van der Waals surface area contributed by atoms with Crippen LogP contribution in [0.5, 0.6) is 5.75 Å². The number of carbonyl (C=O) groups excluding carboxylic acids is 1. The lowest BCUT2D eigenvalue weighted by atomic mass is 10.2. The van der Waals surface area contributed by atoms with Crippen molar-refractivity contribution in [1.29, 1.82) is 0 Å². The van der Waals surface area contributed by atoms with Crippen molar-refractivity contribution >= 4 is 15.9 Å². The molecule has 8 heteroatoms. The second kappa shape index (κ2) is 6.69. The first kappa shape index (κ1) is 16.4. The Bertz CT molecular complexity index is 586. The third kappa shape index (κ3) is 3.92. The van der Waals surface area contributed by atoms with Crippen LogP contribution in [0.4, 0.5) is 0 Å². The number of primary amides is 1. The molecular formula is C12H18N2O5S. The molecule has 1 rings (SSSR count).